The molecule has 0 saturated carbocycles. The number of nitrogens with one attached hydrogen (secondary N) is 1. The molecule has 2 unspecified atom stereocenters. The summed E-state index contributed by atoms with van der Waals surface area (Å²) in [6, 6.07) is 0. The summed E-state index contributed by atoms with van der Waals surface area (Å²) in [5.74, 6) is 0.982. The molecule has 0 spiro atoms. The molecule has 4 heterocycles. The number of hydrogen-bond donors (Lipinski definition) is 2. The molecule has 8 nitrogen and oxygen atoms in total. The fourth-order valence-corrected chi connectivity index (χ4v) is 5.17. The van der Waals surface area contributed by atoms with Gasteiger partial charge in [0.2, 0.25) is 5.91 Å². The number of rotatable bonds is 3. The molecule has 0 aromatic carbocycles. The van der Waals surface area contributed by atoms with Gasteiger partial charge in [0.05, 0.1) is 18.1 Å². The highest BCUT2D eigenvalue weighted by Crippen LogP contribution is 2.35. The fourth-order valence-electron chi connectivity index (χ4n) is 4.15. The molecule has 9 heteroatoms. The number of fused-ring (bicyclic) bond motifs is 2. The molecule has 0 aliphatic carbocycles. The Morgan fingerprint density at radius 2 is 1.85 bits per heavy atom. The summed E-state index contributed by atoms with van der Waals surface area (Å²) in [5, 5.41) is 12.1. The number of aryl methyl sites for hydroxylation is 2. The van der Waals surface area contributed by atoms with Gasteiger partial charge in [-0.25, -0.2) is 0 Å². The predicted molar refractivity (Wildman–Crippen MR) is 104 cm³/mol. The van der Waals surface area contributed by atoms with Crippen LogP contribution in [0.2, 0.25) is 0 Å². The summed E-state index contributed by atoms with van der Waals surface area (Å²) in [6.07, 6.45) is 0. The fraction of sp³-hybridized carbons (Fsp3) is 0.556. The number of likely N-dealkylation sites (tertiary alicyclic amines) is 2. The van der Waals surface area contributed by atoms with Gasteiger partial charge in [-0.1, -0.05) is 0 Å². The Bertz CT molecular complexity index is 912. The minimum Gasteiger partial charge on any atom is -0.397 e. The third kappa shape index (κ3) is 3.14. The van der Waals surface area contributed by atoms with E-state index in [0.29, 0.717) is 33.9 Å². The molecule has 2 fully saturated rings. The Morgan fingerprint density at radius 1 is 1.19 bits per heavy atom. The molecule has 2 amide bonds. The first-order valence-electron chi connectivity index (χ1n) is 9.13. The van der Waals surface area contributed by atoms with Crippen molar-refractivity contribution in [2.24, 2.45) is 11.8 Å². The van der Waals surface area contributed by atoms with Crippen LogP contribution in [0.1, 0.15) is 27.9 Å². The molecule has 2 saturated heterocycles. The molecule has 0 radical (unpaired) electrons. The van der Waals surface area contributed by atoms with Gasteiger partial charge in [-0.05, 0) is 31.2 Å². The molecule has 2 aromatic heterocycles. The number of nitrogens with zero attached hydrogens (tertiary/aromatic N) is 4. The molecule has 3 N–H and O–H groups in total. The van der Waals surface area contributed by atoms with Gasteiger partial charge in [-0.15, -0.1) is 16.4 Å². The van der Waals surface area contributed by atoms with Crippen molar-refractivity contribution in [2.75, 3.05) is 38.6 Å². The van der Waals surface area contributed by atoms with Gasteiger partial charge < -0.3 is 16.0 Å². The average Bonchev–Trinajstić information content (AvgIpc) is 3.27. The average molecular weight is 388 g/mol. The summed E-state index contributed by atoms with van der Waals surface area (Å²) in [5.41, 5.74) is 8.52. The van der Waals surface area contributed by atoms with E-state index in [2.05, 4.69) is 20.4 Å². The Morgan fingerprint density at radius 3 is 2.48 bits per heavy atom. The Kier molecular flexibility index (Phi) is 4.51. The van der Waals surface area contributed by atoms with E-state index < -0.39 is 0 Å². The maximum absolute atomic E-state index is 12.7. The first-order chi connectivity index (χ1) is 12.8. The van der Waals surface area contributed by atoms with E-state index in [9.17, 15) is 9.59 Å². The van der Waals surface area contributed by atoms with E-state index >= 15 is 0 Å². The van der Waals surface area contributed by atoms with Crippen LogP contribution in [-0.2, 0) is 4.79 Å². The Balaban J connectivity index is 1.40. The summed E-state index contributed by atoms with van der Waals surface area (Å²) in [6.45, 7) is 9.41. The van der Waals surface area contributed by atoms with Crippen LogP contribution in [0, 0.1) is 25.7 Å². The Hall–Kier alpha value is -2.26. The zero-order valence-electron chi connectivity index (χ0n) is 15.8. The van der Waals surface area contributed by atoms with Crippen LogP contribution in [0.15, 0.2) is 0 Å². The van der Waals surface area contributed by atoms with Crippen LogP contribution >= 0.6 is 11.3 Å². The van der Waals surface area contributed by atoms with Crippen molar-refractivity contribution in [3.05, 3.63) is 16.1 Å². The van der Waals surface area contributed by atoms with E-state index in [1.54, 1.807) is 6.92 Å². The lowest BCUT2D eigenvalue weighted by molar-refractivity contribution is -0.128. The van der Waals surface area contributed by atoms with Gasteiger partial charge in [0.25, 0.3) is 5.91 Å². The van der Waals surface area contributed by atoms with Gasteiger partial charge >= 0.3 is 0 Å². The van der Waals surface area contributed by atoms with Crippen molar-refractivity contribution in [2.45, 2.75) is 20.8 Å². The van der Waals surface area contributed by atoms with E-state index in [1.807, 2.05) is 18.7 Å². The Labute approximate surface area is 161 Å². The van der Waals surface area contributed by atoms with Crippen molar-refractivity contribution in [3.8, 4) is 0 Å². The SMILES string of the molecule is CC(=O)N1CC2CN(CNC(=O)c3sc4nnc(C)c(C)c4c3N)CC2C1. The molecule has 4 rings (SSSR count). The number of carbonyl (C=O) groups excluding carboxylic acids is 2. The number of carbonyl (C=O) groups is 2. The maximum Gasteiger partial charge on any atom is 0.264 e. The van der Waals surface area contributed by atoms with Crippen molar-refractivity contribution in [1.82, 2.24) is 25.3 Å². The monoisotopic (exact) mass is 388 g/mol. The van der Waals surface area contributed by atoms with Crippen LogP contribution in [0.25, 0.3) is 10.2 Å². The number of nitrogens with two attached hydrogens (primary N) is 1. The molecule has 2 aromatic rings. The second-order valence-electron chi connectivity index (χ2n) is 7.58. The number of amides is 2. The summed E-state index contributed by atoms with van der Waals surface area (Å²) >= 11 is 1.28. The first kappa shape index (κ1) is 18.1. The van der Waals surface area contributed by atoms with Crippen LogP contribution < -0.4 is 11.1 Å². The second-order valence-corrected chi connectivity index (χ2v) is 8.58. The number of nitrogen functional groups attached to an aromatic ring is 1. The number of aromatic nitrogens is 2. The van der Waals surface area contributed by atoms with Crippen molar-refractivity contribution in [3.63, 3.8) is 0 Å². The van der Waals surface area contributed by atoms with Crippen molar-refractivity contribution < 1.29 is 9.59 Å². The molecule has 2 aliphatic heterocycles. The van der Waals surface area contributed by atoms with Gasteiger partial charge in [0.1, 0.15) is 9.71 Å². The van der Waals surface area contributed by atoms with Gasteiger partial charge in [0.15, 0.2) is 0 Å². The molecule has 2 atom stereocenters. The third-order valence-electron chi connectivity index (χ3n) is 5.81. The zero-order valence-corrected chi connectivity index (χ0v) is 16.6. The van der Waals surface area contributed by atoms with Crippen LogP contribution in [0.3, 0.4) is 0 Å². The quantitative estimate of drug-likeness (QED) is 0.812. The first-order valence-corrected chi connectivity index (χ1v) is 9.94. The highest BCUT2D eigenvalue weighted by molar-refractivity contribution is 7.21. The molecular formula is C18H24N6O2S. The van der Waals surface area contributed by atoms with Gasteiger partial charge in [0, 0.05) is 38.5 Å². The topological polar surface area (TPSA) is 104 Å². The number of anilines is 1. The lowest BCUT2D eigenvalue weighted by Crippen LogP contribution is -2.38. The third-order valence-corrected chi connectivity index (χ3v) is 6.90. The van der Waals surface area contributed by atoms with Crippen molar-refractivity contribution in [1.29, 1.82) is 0 Å². The minimum atomic E-state index is -0.171. The van der Waals surface area contributed by atoms with Gasteiger partial charge in [-0.2, -0.15) is 5.10 Å². The van der Waals surface area contributed by atoms with Crippen LogP contribution in [0.4, 0.5) is 5.69 Å². The van der Waals surface area contributed by atoms with Gasteiger partial charge in [-0.3, -0.25) is 14.5 Å². The highest BCUT2D eigenvalue weighted by atomic mass is 32.1. The smallest absolute Gasteiger partial charge is 0.264 e. The maximum atomic E-state index is 12.7. The molecule has 27 heavy (non-hydrogen) atoms. The second kappa shape index (κ2) is 6.72. The lowest BCUT2D eigenvalue weighted by atomic mass is 10.0. The molecule has 144 valence electrons. The molecular weight excluding hydrogens is 364 g/mol. The molecule has 2 aliphatic rings. The summed E-state index contributed by atoms with van der Waals surface area (Å²) in [4.78, 5) is 29.5. The summed E-state index contributed by atoms with van der Waals surface area (Å²) < 4.78 is 0. The number of hydrogen-bond acceptors (Lipinski definition) is 7. The largest absolute Gasteiger partial charge is 0.397 e. The highest BCUT2D eigenvalue weighted by Gasteiger charge is 2.40. The minimum absolute atomic E-state index is 0.151. The normalized spacial score (nSPS) is 22.4. The predicted octanol–water partition coefficient (Wildman–Crippen LogP) is 0.988. The number of thiophene rings is 1. The van der Waals surface area contributed by atoms with Crippen LogP contribution in [-0.4, -0.2) is 64.7 Å². The summed E-state index contributed by atoms with van der Waals surface area (Å²) in [7, 11) is 0. The van der Waals surface area contributed by atoms with E-state index in [4.69, 9.17) is 5.73 Å². The standard InChI is InChI=1S/C18H24N6O2S/c1-9-10(2)21-22-18-14(9)15(19)16(27-18)17(26)20-8-23-4-12-6-24(11(3)25)7-13(12)5-23/h12-13H,4-8,19H2,1-3H3,(H,20,26). The van der Waals surface area contributed by atoms with E-state index in [-0.39, 0.29) is 11.8 Å². The zero-order chi connectivity index (χ0) is 19.3. The van der Waals surface area contributed by atoms with Crippen molar-refractivity contribution >= 4 is 39.1 Å². The molecule has 0 bridgehead atoms. The van der Waals surface area contributed by atoms with E-state index in [1.165, 1.54) is 11.3 Å². The van der Waals surface area contributed by atoms with E-state index in [0.717, 1.165) is 42.8 Å². The lowest BCUT2D eigenvalue weighted by Gasteiger charge is -2.20. The van der Waals surface area contributed by atoms with Crippen LogP contribution in [0.5, 0.6) is 0 Å².